The number of halogens is 3. The SMILES string of the molecule is CCOC(=O)COC1(C)CCN(c2cnc(-c3nc4nc(-c5cc(C6CC6)nc(C(F)(F)F)c5)cc(N(C)CC5(COC)CCCC5)c4[nH]3)cn2)CC1. The van der Waals surface area contributed by atoms with Crippen molar-refractivity contribution in [2.75, 3.05) is 63.4 Å². The first-order chi connectivity index (χ1) is 25.4. The Labute approximate surface area is 306 Å². The Balaban J connectivity index is 1.18. The van der Waals surface area contributed by atoms with E-state index >= 15 is 0 Å². The molecule has 4 aromatic heterocycles. The van der Waals surface area contributed by atoms with Crippen LogP contribution in [0.2, 0.25) is 0 Å². The highest BCUT2D eigenvalue weighted by Crippen LogP contribution is 2.44. The highest BCUT2D eigenvalue weighted by atomic mass is 19.4. The maximum Gasteiger partial charge on any atom is 0.433 e. The van der Waals surface area contributed by atoms with Gasteiger partial charge in [0.05, 0.1) is 42.6 Å². The van der Waals surface area contributed by atoms with Crippen LogP contribution in [-0.4, -0.2) is 95.1 Å². The number of H-pyrrole nitrogens is 1. The molecule has 0 amide bonds. The van der Waals surface area contributed by atoms with Gasteiger partial charge in [-0.1, -0.05) is 12.8 Å². The Kier molecular flexibility index (Phi) is 10.3. The summed E-state index contributed by atoms with van der Waals surface area (Å²) in [6.45, 7) is 6.70. The lowest BCUT2D eigenvalue weighted by Gasteiger charge is -2.39. The van der Waals surface area contributed by atoms with Crippen LogP contribution in [0.25, 0.3) is 33.9 Å². The molecule has 3 aliphatic rings. The summed E-state index contributed by atoms with van der Waals surface area (Å²) in [4.78, 5) is 42.5. The number of imidazole rings is 1. The highest BCUT2D eigenvalue weighted by molar-refractivity contribution is 5.91. The Hall–Kier alpha value is -4.37. The first-order valence-corrected chi connectivity index (χ1v) is 18.4. The van der Waals surface area contributed by atoms with Crippen molar-refractivity contribution in [3.05, 3.63) is 42.0 Å². The van der Waals surface area contributed by atoms with Crippen LogP contribution < -0.4 is 9.80 Å². The van der Waals surface area contributed by atoms with Crippen LogP contribution in [0.15, 0.2) is 30.6 Å². The number of fused-ring (bicyclic) bond motifs is 1. The van der Waals surface area contributed by atoms with Crippen LogP contribution in [0.5, 0.6) is 0 Å². The highest BCUT2D eigenvalue weighted by Gasteiger charge is 2.38. The fourth-order valence-electron chi connectivity index (χ4n) is 7.74. The molecule has 2 aliphatic carbocycles. The summed E-state index contributed by atoms with van der Waals surface area (Å²) in [5, 5.41) is 0. The number of nitrogens with zero attached hydrogens (tertiary/aromatic N) is 7. The van der Waals surface area contributed by atoms with Gasteiger partial charge in [0, 0.05) is 56.4 Å². The van der Waals surface area contributed by atoms with Gasteiger partial charge in [-0.2, -0.15) is 13.2 Å². The molecular weight excluding hydrogens is 689 g/mol. The molecule has 15 heteroatoms. The average Bonchev–Trinajstić information content (AvgIpc) is 3.75. The summed E-state index contributed by atoms with van der Waals surface area (Å²) in [5.41, 5.74) is 2.11. The molecule has 3 fully saturated rings. The summed E-state index contributed by atoms with van der Waals surface area (Å²) < 4.78 is 58.7. The summed E-state index contributed by atoms with van der Waals surface area (Å²) in [5.74, 6) is 0.820. The van der Waals surface area contributed by atoms with E-state index in [4.69, 9.17) is 34.1 Å². The lowest BCUT2D eigenvalue weighted by molar-refractivity contribution is -0.156. The second-order valence-corrected chi connectivity index (χ2v) is 15.0. The topological polar surface area (TPSA) is 131 Å². The van der Waals surface area contributed by atoms with Crippen molar-refractivity contribution in [3.8, 4) is 22.8 Å². The molecule has 1 aliphatic heterocycles. The van der Waals surface area contributed by atoms with E-state index < -0.39 is 17.5 Å². The minimum atomic E-state index is -4.59. The van der Waals surface area contributed by atoms with E-state index in [9.17, 15) is 18.0 Å². The number of methoxy groups -OCH3 is 1. The Morgan fingerprint density at radius 1 is 1.02 bits per heavy atom. The van der Waals surface area contributed by atoms with Crippen molar-refractivity contribution in [1.82, 2.24) is 29.9 Å². The molecule has 5 heterocycles. The number of nitrogens with one attached hydrogen (secondary N) is 1. The summed E-state index contributed by atoms with van der Waals surface area (Å²) in [6, 6.07) is 4.67. The summed E-state index contributed by atoms with van der Waals surface area (Å²) in [6.07, 6.45) is 6.15. The minimum Gasteiger partial charge on any atom is -0.464 e. The Bertz CT molecular complexity index is 1920. The normalized spacial score (nSPS) is 18.4. The van der Waals surface area contributed by atoms with Crippen LogP contribution in [0.3, 0.4) is 0 Å². The smallest absolute Gasteiger partial charge is 0.433 e. The zero-order valence-corrected chi connectivity index (χ0v) is 30.8. The summed E-state index contributed by atoms with van der Waals surface area (Å²) >= 11 is 0. The molecule has 4 aromatic rings. The number of hydrogen-bond acceptors (Lipinski definition) is 11. The third-order valence-corrected chi connectivity index (χ3v) is 10.8. The van der Waals surface area contributed by atoms with E-state index in [1.807, 2.05) is 20.0 Å². The van der Waals surface area contributed by atoms with Gasteiger partial charge in [0.2, 0.25) is 0 Å². The van der Waals surface area contributed by atoms with Gasteiger partial charge in [0.15, 0.2) is 11.5 Å². The van der Waals surface area contributed by atoms with Crippen molar-refractivity contribution in [2.45, 2.75) is 82.9 Å². The van der Waals surface area contributed by atoms with Crippen LogP contribution in [0, 0.1) is 5.41 Å². The van der Waals surface area contributed by atoms with Crippen molar-refractivity contribution in [2.24, 2.45) is 5.41 Å². The molecule has 1 saturated heterocycles. The van der Waals surface area contributed by atoms with Gasteiger partial charge >= 0.3 is 12.1 Å². The van der Waals surface area contributed by atoms with Crippen LogP contribution >= 0.6 is 0 Å². The number of carbonyl (C=O) groups excluding carboxylic acids is 1. The van der Waals surface area contributed by atoms with E-state index in [0.717, 1.165) is 50.3 Å². The number of alkyl halides is 3. The van der Waals surface area contributed by atoms with E-state index in [2.05, 4.69) is 19.8 Å². The molecule has 284 valence electrons. The molecule has 2 saturated carbocycles. The van der Waals surface area contributed by atoms with Gasteiger partial charge in [0.25, 0.3) is 0 Å². The zero-order chi connectivity index (χ0) is 37.4. The van der Waals surface area contributed by atoms with E-state index in [1.54, 1.807) is 32.5 Å². The second kappa shape index (κ2) is 14.8. The van der Waals surface area contributed by atoms with Crippen molar-refractivity contribution < 1.29 is 32.2 Å². The molecule has 1 N–H and O–H groups in total. The number of aromatic amines is 1. The third-order valence-electron chi connectivity index (χ3n) is 10.8. The molecule has 12 nitrogen and oxygen atoms in total. The molecule has 53 heavy (non-hydrogen) atoms. The zero-order valence-electron chi connectivity index (χ0n) is 30.8. The first-order valence-electron chi connectivity index (χ1n) is 18.4. The molecule has 0 bridgehead atoms. The minimum absolute atomic E-state index is 0.0239. The predicted molar refractivity (Wildman–Crippen MR) is 194 cm³/mol. The standard InChI is InChI=1S/C38H47F3N8O4/c1-5-52-32(50)21-53-36(2)12-14-49(15-13-36)31-20-42-28(19-43-31)34-46-33-29(48(3)22-37(23-51-4)10-6-7-11-37)18-27(45-35(33)47-34)25-16-26(24-8-9-24)44-30(17-25)38(39,40)41/h16-20,24H,5-15,21-23H2,1-4H3,(H,45,46,47). The maximum absolute atomic E-state index is 14.0. The number of esters is 1. The molecular formula is C38H47F3N8O4. The van der Waals surface area contributed by atoms with E-state index in [-0.39, 0.29) is 23.9 Å². The molecule has 0 radical (unpaired) electrons. The maximum atomic E-state index is 14.0. The van der Waals surface area contributed by atoms with Gasteiger partial charge in [-0.25, -0.2) is 29.7 Å². The number of aromatic nitrogens is 6. The van der Waals surface area contributed by atoms with Crippen LogP contribution in [0.4, 0.5) is 24.7 Å². The van der Waals surface area contributed by atoms with Gasteiger partial charge in [0.1, 0.15) is 29.3 Å². The number of pyridine rings is 2. The first kappa shape index (κ1) is 37.0. The number of anilines is 2. The predicted octanol–water partition coefficient (Wildman–Crippen LogP) is 6.95. The monoisotopic (exact) mass is 736 g/mol. The van der Waals surface area contributed by atoms with Crippen molar-refractivity contribution in [3.63, 3.8) is 0 Å². The lowest BCUT2D eigenvalue weighted by Crippen LogP contribution is -2.45. The quantitative estimate of drug-likeness (QED) is 0.143. The largest absolute Gasteiger partial charge is 0.464 e. The number of hydrogen-bond donors (Lipinski definition) is 1. The van der Waals surface area contributed by atoms with Gasteiger partial charge < -0.3 is 29.0 Å². The van der Waals surface area contributed by atoms with Crippen molar-refractivity contribution >= 4 is 28.6 Å². The molecule has 0 spiro atoms. The Morgan fingerprint density at radius 2 is 1.77 bits per heavy atom. The number of piperidine rings is 1. The second-order valence-electron chi connectivity index (χ2n) is 15.0. The van der Waals surface area contributed by atoms with Gasteiger partial charge in [-0.05, 0) is 70.6 Å². The van der Waals surface area contributed by atoms with Crippen LogP contribution in [-0.2, 0) is 25.2 Å². The number of carbonyl (C=O) groups is 1. The fourth-order valence-corrected chi connectivity index (χ4v) is 7.74. The van der Waals surface area contributed by atoms with Gasteiger partial charge in [-0.15, -0.1) is 0 Å². The fraction of sp³-hybridized carbons (Fsp3) is 0.579. The molecule has 7 rings (SSSR count). The van der Waals surface area contributed by atoms with Crippen molar-refractivity contribution in [1.29, 1.82) is 0 Å². The third kappa shape index (κ3) is 8.25. The lowest BCUT2D eigenvalue weighted by atomic mass is 9.86. The number of ether oxygens (including phenoxy) is 3. The van der Waals surface area contributed by atoms with E-state index in [0.29, 0.717) is 91.1 Å². The molecule has 0 atom stereocenters. The Morgan fingerprint density at radius 3 is 2.42 bits per heavy atom. The number of rotatable bonds is 13. The molecule has 0 aromatic carbocycles. The summed E-state index contributed by atoms with van der Waals surface area (Å²) in [7, 11) is 3.72. The van der Waals surface area contributed by atoms with Crippen LogP contribution in [0.1, 0.15) is 82.5 Å². The molecule has 0 unspecified atom stereocenters. The van der Waals surface area contributed by atoms with E-state index in [1.165, 1.54) is 0 Å². The van der Waals surface area contributed by atoms with Gasteiger partial charge in [-0.3, -0.25) is 0 Å². The average molecular weight is 737 g/mol.